The Morgan fingerprint density at radius 2 is 1.62 bits per heavy atom. The summed E-state index contributed by atoms with van der Waals surface area (Å²) in [5.41, 5.74) is 4.46. The topological polar surface area (TPSA) is 72.2 Å². The molecule has 0 unspecified atom stereocenters. The minimum Gasteiger partial charge on any atom is -0.398 e. The molecule has 0 amide bonds. The van der Waals surface area contributed by atoms with Crippen LogP contribution in [-0.4, -0.2) is 8.42 Å². The van der Waals surface area contributed by atoms with Gasteiger partial charge in [0.25, 0.3) is 10.0 Å². The Labute approximate surface area is 127 Å². The molecule has 3 N–H and O–H groups in total. The van der Waals surface area contributed by atoms with E-state index in [2.05, 4.69) is 15.9 Å². The molecule has 21 heavy (non-hydrogen) atoms. The van der Waals surface area contributed by atoms with Gasteiger partial charge in [0.05, 0.1) is 5.69 Å². The van der Waals surface area contributed by atoms with Crippen molar-refractivity contribution in [1.29, 1.82) is 0 Å². The van der Waals surface area contributed by atoms with E-state index in [0.29, 0.717) is 16.6 Å². The second-order valence-corrected chi connectivity index (χ2v) is 6.60. The van der Waals surface area contributed by atoms with Crippen LogP contribution in [0.1, 0.15) is 0 Å². The third-order valence-corrected chi connectivity index (χ3v) is 4.41. The zero-order valence-corrected chi connectivity index (χ0v) is 12.6. The highest BCUT2D eigenvalue weighted by Crippen LogP contribution is 2.27. The van der Waals surface area contributed by atoms with Crippen molar-refractivity contribution in [3.63, 3.8) is 0 Å². The highest BCUT2D eigenvalue weighted by molar-refractivity contribution is 9.10. The van der Waals surface area contributed by atoms with Crippen LogP contribution in [0.15, 0.2) is 39.7 Å². The number of halogens is 4. The first-order valence-corrected chi connectivity index (χ1v) is 7.71. The first-order chi connectivity index (χ1) is 9.70. The van der Waals surface area contributed by atoms with Crippen LogP contribution in [0.3, 0.4) is 0 Å². The maximum atomic E-state index is 13.5. The van der Waals surface area contributed by atoms with Gasteiger partial charge in [-0.25, -0.2) is 21.6 Å². The van der Waals surface area contributed by atoms with Gasteiger partial charge in [0.15, 0.2) is 11.6 Å². The van der Waals surface area contributed by atoms with Crippen LogP contribution in [0.2, 0.25) is 0 Å². The Kier molecular flexibility index (Phi) is 4.15. The summed E-state index contributed by atoms with van der Waals surface area (Å²) < 4.78 is 66.2. The van der Waals surface area contributed by atoms with E-state index in [1.807, 2.05) is 0 Å². The molecule has 0 bridgehead atoms. The molecule has 2 aromatic carbocycles. The standard InChI is InChI=1S/C12H8BrF3N2O2S/c13-6-1-2-10(17)11(3-6)21(19,20)18-12-8(15)4-7(14)5-9(12)16/h1-5,18H,17H2. The van der Waals surface area contributed by atoms with E-state index >= 15 is 0 Å². The summed E-state index contributed by atoms with van der Waals surface area (Å²) in [6, 6.07) is 4.73. The minimum atomic E-state index is -4.33. The number of hydrogen-bond acceptors (Lipinski definition) is 3. The van der Waals surface area contributed by atoms with Gasteiger partial charge < -0.3 is 5.73 Å². The number of rotatable bonds is 3. The first-order valence-electron chi connectivity index (χ1n) is 5.43. The Hall–Kier alpha value is -1.74. The van der Waals surface area contributed by atoms with Gasteiger partial charge >= 0.3 is 0 Å². The summed E-state index contributed by atoms with van der Waals surface area (Å²) in [5, 5.41) is 0. The Balaban J connectivity index is 2.50. The normalized spacial score (nSPS) is 11.4. The molecule has 0 saturated carbocycles. The van der Waals surface area contributed by atoms with E-state index in [4.69, 9.17) is 5.73 Å². The van der Waals surface area contributed by atoms with Gasteiger partial charge in [0, 0.05) is 16.6 Å². The lowest BCUT2D eigenvalue weighted by Crippen LogP contribution is -2.17. The minimum absolute atomic E-state index is 0.103. The van der Waals surface area contributed by atoms with Gasteiger partial charge in [-0.05, 0) is 18.2 Å². The molecule has 9 heteroatoms. The molecule has 0 atom stereocenters. The van der Waals surface area contributed by atoms with E-state index in [9.17, 15) is 21.6 Å². The summed E-state index contributed by atoms with van der Waals surface area (Å²) in [6.45, 7) is 0. The molecule has 0 aliphatic carbocycles. The van der Waals surface area contributed by atoms with Crippen LogP contribution >= 0.6 is 15.9 Å². The van der Waals surface area contributed by atoms with Gasteiger partial charge in [0.2, 0.25) is 0 Å². The first kappa shape index (κ1) is 15.6. The molecule has 0 aliphatic heterocycles. The molecule has 2 aromatic rings. The fraction of sp³-hybridized carbons (Fsp3) is 0. The van der Waals surface area contributed by atoms with Crippen LogP contribution in [-0.2, 0) is 10.0 Å². The van der Waals surface area contributed by atoms with Crippen LogP contribution in [0.5, 0.6) is 0 Å². The van der Waals surface area contributed by atoms with E-state index in [1.165, 1.54) is 18.2 Å². The number of benzene rings is 2. The van der Waals surface area contributed by atoms with E-state index in [1.54, 1.807) is 4.72 Å². The zero-order chi connectivity index (χ0) is 15.8. The molecule has 2 rings (SSSR count). The highest BCUT2D eigenvalue weighted by Gasteiger charge is 2.22. The lowest BCUT2D eigenvalue weighted by atomic mass is 10.3. The zero-order valence-electron chi connectivity index (χ0n) is 10.2. The third kappa shape index (κ3) is 3.30. The van der Waals surface area contributed by atoms with Crippen molar-refractivity contribution in [2.24, 2.45) is 0 Å². The maximum Gasteiger partial charge on any atom is 0.264 e. The molecule has 0 spiro atoms. The number of sulfonamides is 1. The molecule has 0 radical (unpaired) electrons. The fourth-order valence-corrected chi connectivity index (χ4v) is 3.32. The molecule has 0 saturated heterocycles. The molecule has 0 heterocycles. The van der Waals surface area contributed by atoms with E-state index in [0.717, 1.165) is 0 Å². The largest absolute Gasteiger partial charge is 0.398 e. The Morgan fingerprint density at radius 3 is 2.19 bits per heavy atom. The molecule has 112 valence electrons. The van der Waals surface area contributed by atoms with Crippen molar-refractivity contribution in [3.8, 4) is 0 Å². The summed E-state index contributed by atoms with van der Waals surface area (Å²) in [7, 11) is -4.33. The quantitative estimate of drug-likeness (QED) is 0.802. The third-order valence-electron chi connectivity index (χ3n) is 2.51. The Morgan fingerprint density at radius 1 is 1.05 bits per heavy atom. The highest BCUT2D eigenvalue weighted by atomic mass is 79.9. The van der Waals surface area contributed by atoms with Gasteiger partial charge in [0.1, 0.15) is 16.4 Å². The van der Waals surface area contributed by atoms with Crippen molar-refractivity contribution in [2.75, 3.05) is 10.5 Å². The molecule has 0 aliphatic rings. The summed E-state index contributed by atoms with van der Waals surface area (Å²) in [5.74, 6) is -3.90. The average molecular weight is 381 g/mol. The number of nitrogens with one attached hydrogen (secondary N) is 1. The SMILES string of the molecule is Nc1ccc(Br)cc1S(=O)(=O)Nc1c(F)cc(F)cc1F. The van der Waals surface area contributed by atoms with Crippen molar-refractivity contribution in [1.82, 2.24) is 0 Å². The lowest BCUT2D eigenvalue weighted by Gasteiger charge is -2.12. The molecular formula is C12H8BrF3N2O2S. The molecule has 0 aromatic heterocycles. The average Bonchev–Trinajstić information content (AvgIpc) is 2.36. The van der Waals surface area contributed by atoms with Gasteiger partial charge in [-0.3, -0.25) is 4.72 Å². The molecule has 4 nitrogen and oxygen atoms in total. The summed E-state index contributed by atoms with van der Waals surface area (Å²) in [6.07, 6.45) is 0. The van der Waals surface area contributed by atoms with Gasteiger partial charge in [-0.1, -0.05) is 15.9 Å². The maximum absolute atomic E-state index is 13.5. The van der Waals surface area contributed by atoms with E-state index in [-0.39, 0.29) is 10.6 Å². The monoisotopic (exact) mass is 380 g/mol. The molecule has 0 fully saturated rings. The van der Waals surface area contributed by atoms with Crippen LogP contribution < -0.4 is 10.5 Å². The number of anilines is 2. The summed E-state index contributed by atoms with van der Waals surface area (Å²) in [4.78, 5) is -0.361. The second-order valence-electron chi connectivity index (χ2n) is 4.03. The smallest absolute Gasteiger partial charge is 0.264 e. The number of nitrogen functional groups attached to an aromatic ring is 1. The van der Waals surface area contributed by atoms with Crippen LogP contribution in [0, 0.1) is 17.5 Å². The number of nitrogens with two attached hydrogens (primary N) is 1. The predicted octanol–water partition coefficient (Wildman–Crippen LogP) is 3.25. The van der Waals surface area contributed by atoms with Crippen molar-refractivity contribution in [2.45, 2.75) is 4.90 Å². The van der Waals surface area contributed by atoms with Crippen molar-refractivity contribution in [3.05, 3.63) is 52.3 Å². The number of hydrogen-bond donors (Lipinski definition) is 2. The van der Waals surface area contributed by atoms with E-state index < -0.39 is 33.2 Å². The van der Waals surface area contributed by atoms with Crippen LogP contribution in [0.25, 0.3) is 0 Å². The summed E-state index contributed by atoms with van der Waals surface area (Å²) >= 11 is 3.07. The predicted molar refractivity (Wildman–Crippen MR) is 75.7 cm³/mol. The van der Waals surface area contributed by atoms with Gasteiger partial charge in [-0.15, -0.1) is 0 Å². The lowest BCUT2D eigenvalue weighted by molar-refractivity contribution is 0.547. The second kappa shape index (κ2) is 5.57. The van der Waals surface area contributed by atoms with Crippen molar-refractivity contribution >= 4 is 37.3 Å². The van der Waals surface area contributed by atoms with Gasteiger partial charge in [-0.2, -0.15) is 0 Å². The fourth-order valence-electron chi connectivity index (χ4n) is 1.57. The molecular weight excluding hydrogens is 373 g/mol. The Bertz CT molecular complexity index is 789. The van der Waals surface area contributed by atoms with Crippen molar-refractivity contribution < 1.29 is 21.6 Å². The van der Waals surface area contributed by atoms with Crippen LogP contribution in [0.4, 0.5) is 24.5 Å².